The molecule has 0 aliphatic heterocycles. The Morgan fingerprint density at radius 3 is 2.28 bits per heavy atom. The lowest BCUT2D eigenvalue weighted by atomic mass is 10.0. The van der Waals surface area contributed by atoms with E-state index in [1.54, 1.807) is 0 Å². The van der Waals surface area contributed by atoms with Crippen molar-refractivity contribution in [2.75, 3.05) is 0 Å². The monoisotopic (exact) mass is 322 g/mol. The quantitative estimate of drug-likeness (QED) is 0.398. The number of nitrogens with zero attached hydrogens (tertiary/aromatic N) is 1. The smallest absolute Gasteiger partial charge is 0.0701 e. The highest BCUT2D eigenvalue weighted by molar-refractivity contribution is 5.84. The van der Waals surface area contributed by atoms with Crippen molar-refractivity contribution in [2.45, 2.75) is 0 Å². The second-order valence-electron chi connectivity index (χ2n) is 5.84. The first-order valence-electron chi connectivity index (χ1n) is 8.32. The molecule has 0 atom stereocenters. The molecule has 120 valence electrons. The van der Waals surface area contributed by atoms with Crippen LogP contribution in [0.1, 0.15) is 0 Å². The summed E-state index contributed by atoms with van der Waals surface area (Å²) in [5.41, 5.74) is 4.76. The Kier molecular flexibility index (Phi) is 4.25. The Morgan fingerprint density at radius 2 is 1.40 bits per heavy atom. The lowest BCUT2D eigenvalue weighted by molar-refractivity contribution is 1.41. The summed E-state index contributed by atoms with van der Waals surface area (Å²) >= 11 is 0. The minimum absolute atomic E-state index is 1.06. The van der Waals surface area contributed by atoms with E-state index >= 15 is 0 Å². The third-order valence-electron chi connectivity index (χ3n) is 4.17. The molecule has 2 aromatic heterocycles. The Balaban J connectivity index is 0.000000136. The van der Waals surface area contributed by atoms with Gasteiger partial charge in [0.15, 0.2) is 0 Å². The van der Waals surface area contributed by atoms with Crippen molar-refractivity contribution in [3.8, 4) is 11.1 Å². The molecule has 0 fully saturated rings. The van der Waals surface area contributed by atoms with Gasteiger partial charge in [0.05, 0.1) is 5.52 Å². The molecular weight excluding hydrogens is 304 g/mol. The molecule has 0 radical (unpaired) electrons. The van der Waals surface area contributed by atoms with Gasteiger partial charge in [-0.05, 0) is 40.8 Å². The van der Waals surface area contributed by atoms with E-state index in [1.165, 1.54) is 27.4 Å². The van der Waals surface area contributed by atoms with Gasteiger partial charge in [-0.3, -0.25) is 4.98 Å². The zero-order valence-electron chi connectivity index (χ0n) is 13.8. The number of hydrogen-bond acceptors (Lipinski definition) is 1. The maximum atomic E-state index is 4.18. The van der Waals surface area contributed by atoms with Gasteiger partial charge >= 0.3 is 0 Å². The van der Waals surface area contributed by atoms with Crippen LogP contribution in [0.25, 0.3) is 32.9 Å². The normalized spacial score (nSPS) is 10.4. The van der Waals surface area contributed by atoms with Crippen LogP contribution < -0.4 is 0 Å². The summed E-state index contributed by atoms with van der Waals surface area (Å²) < 4.78 is 0. The molecule has 0 saturated heterocycles. The van der Waals surface area contributed by atoms with Gasteiger partial charge in [-0.25, -0.2) is 0 Å². The molecule has 5 aromatic rings. The standard InChI is InChI=1S/C14H11N.C9H7N/c1-2-4-11(5-3-1)13-7-6-12-8-9-15-14(12)10-13;1-2-6-9-8(4-1)5-3-7-10-9/h1-10,15H;1-7H. The Bertz CT molecular complexity index is 1030. The topological polar surface area (TPSA) is 28.7 Å². The molecule has 0 aliphatic rings. The van der Waals surface area contributed by atoms with Gasteiger partial charge in [-0.15, -0.1) is 0 Å². The zero-order valence-corrected chi connectivity index (χ0v) is 13.8. The van der Waals surface area contributed by atoms with Crippen LogP contribution in [0.4, 0.5) is 0 Å². The summed E-state index contributed by atoms with van der Waals surface area (Å²) in [6, 6.07) is 31.1. The summed E-state index contributed by atoms with van der Waals surface area (Å²) in [6.07, 6.45) is 3.78. The predicted octanol–water partition coefficient (Wildman–Crippen LogP) is 6.07. The van der Waals surface area contributed by atoms with E-state index < -0.39 is 0 Å². The maximum Gasteiger partial charge on any atom is 0.0701 e. The van der Waals surface area contributed by atoms with Gasteiger partial charge in [-0.1, -0.05) is 66.7 Å². The molecule has 0 saturated carbocycles. The first-order valence-corrected chi connectivity index (χ1v) is 8.32. The first kappa shape index (κ1) is 15.2. The minimum atomic E-state index is 1.06. The Labute approximate surface area is 146 Å². The second-order valence-corrected chi connectivity index (χ2v) is 5.84. The molecule has 0 aliphatic carbocycles. The number of nitrogens with one attached hydrogen (secondary N) is 1. The Morgan fingerprint density at radius 1 is 0.600 bits per heavy atom. The van der Waals surface area contributed by atoms with Crippen molar-refractivity contribution >= 4 is 21.8 Å². The summed E-state index contributed by atoms with van der Waals surface area (Å²) in [4.78, 5) is 7.41. The summed E-state index contributed by atoms with van der Waals surface area (Å²) in [7, 11) is 0. The fraction of sp³-hybridized carbons (Fsp3) is 0. The van der Waals surface area contributed by atoms with Gasteiger partial charge < -0.3 is 4.98 Å². The number of fused-ring (bicyclic) bond motifs is 2. The molecule has 3 aromatic carbocycles. The number of hydrogen-bond donors (Lipinski definition) is 1. The van der Waals surface area contributed by atoms with Crippen LogP contribution in [0.3, 0.4) is 0 Å². The molecule has 2 heteroatoms. The molecule has 0 amide bonds. The number of aromatic nitrogens is 2. The van der Waals surface area contributed by atoms with Crippen molar-refractivity contribution in [2.24, 2.45) is 0 Å². The Hall–Kier alpha value is -3.39. The van der Waals surface area contributed by atoms with Gasteiger partial charge in [0, 0.05) is 23.3 Å². The van der Waals surface area contributed by atoms with E-state index in [-0.39, 0.29) is 0 Å². The van der Waals surface area contributed by atoms with Crippen molar-refractivity contribution < 1.29 is 0 Å². The molecular formula is C23H18N2. The van der Waals surface area contributed by atoms with Gasteiger partial charge in [0.2, 0.25) is 0 Å². The van der Waals surface area contributed by atoms with Crippen LogP contribution in [0.5, 0.6) is 0 Å². The average molecular weight is 322 g/mol. The molecule has 0 unspecified atom stereocenters. The van der Waals surface area contributed by atoms with E-state index in [4.69, 9.17) is 0 Å². The van der Waals surface area contributed by atoms with Crippen LogP contribution in [-0.2, 0) is 0 Å². The molecule has 0 bridgehead atoms. The van der Waals surface area contributed by atoms with E-state index in [2.05, 4.69) is 70.6 Å². The lowest BCUT2D eigenvalue weighted by Gasteiger charge is -2.01. The van der Waals surface area contributed by atoms with Crippen LogP contribution >= 0.6 is 0 Å². The predicted molar refractivity (Wildman–Crippen MR) is 105 cm³/mol. The SMILES string of the molecule is c1ccc(-c2ccc3cc[nH]c3c2)cc1.c1ccc2ncccc2c1. The highest BCUT2D eigenvalue weighted by Crippen LogP contribution is 2.23. The van der Waals surface area contributed by atoms with Crippen LogP contribution in [0, 0.1) is 0 Å². The number of rotatable bonds is 1. The number of H-pyrrole nitrogens is 1. The van der Waals surface area contributed by atoms with Crippen LogP contribution in [-0.4, -0.2) is 9.97 Å². The highest BCUT2D eigenvalue weighted by atomic mass is 14.7. The van der Waals surface area contributed by atoms with Crippen molar-refractivity contribution in [1.29, 1.82) is 0 Å². The van der Waals surface area contributed by atoms with Crippen molar-refractivity contribution in [3.05, 3.63) is 103 Å². The third kappa shape index (κ3) is 3.43. The highest BCUT2D eigenvalue weighted by Gasteiger charge is 1.98. The minimum Gasteiger partial charge on any atom is -0.361 e. The van der Waals surface area contributed by atoms with E-state index in [1.807, 2.05) is 42.7 Å². The molecule has 2 heterocycles. The lowest BCUT2D eigenvalue weighted by Crippen LogP contribution is -1.76. The van der Waals surface area contributed by atoms with E-state index in [0.29, 0.717) is 0 Å². The average Bonchev–Trinajstić information content (AvgIpc) is 3.17. The summed E-state index contributed by atoms with van der Waals surface area (Å²) in [5, 5.41) is 2.46. The fourth-order valence-corrected chi connectivity index (χ4v) is 2.87. The number of aromatic amines is 1. The molecule has 2 nitrogen and oxygen atoms in total. The van der Waals surface area contributed by atoms with Crippen LogP contribution in [0.15, 0.2) is 103 Å². The number of benzene rings is 3. The zero-order chi connectivity index (χ0) is 16.9. The molecule has 25 heavy (non-hydrogen) atoms. The van der Waals surface area contributed by atoms with Gasteiger partial charge in [0.1, 0.15) is 0 Å². The van der Waals surface area contributed by atoms with E-state index in [9.17, 15) is 0 Å². The van der Waals surface area contributed by atoms with Crippen molar-refractivity contribution in [3.63, 3.8) is 0 Å². The molecule has 1 N–H and O–H groups in total. The number of para-hydroxylation sites is 1. The molecule has 5 rings (SSSR count). The van der Waals surface area contributed by atoms with Gasteiger partial charge in [-0.2, -0.15) is 0 Å². The van der Waals surface area contributed by atoms with Crippen molar-refractivity contribution in [1.82, 2.24) is 9.97 Å². The fourth-order valence-electron chi connectivity index (χ4n) is 2.87. The molecule has 0 spiro atoms. The summed E-state index contributed by atoms with van der Waals surface area (Å²) in [6.45, 7) is 0. The largest absolute Gasteiger partial charge is 0.361 e. The maximum absolute atomic E-state index is 4.18. The van der Waals surface area contributed by atoms with Gasteiger partial charge in [0.25, 0.3) is 0 Å². The van der Waals surface area contributed by atoms with E-state index in [0.717, 1.165) is 5.52 Å². The van der Waals surface area contributed by atoms with Crippen LogP contribution in [0.2, 0.25) is 0 Å². The summed E-state index contributed by atoms with van der Waals surface area (Å²) in [5.74, 6) is 0. The number of pyridine rings is 1. The second kappa shape index (κ2) is 7.02. The first-order chi connectivity index (χ1) is 12.4. The third-order valence-corrected chi connectivity index (χ3v) is 4.17.